The molecule has 4 nitrogen and oxygen atoms in total. The number of nitrogens with zero attached hydrogens (tertiary/aromatic N) is 3. The summed E-state index contributed by atoms with van der Waals surface area (Å²) in [5.41, 5.74) is -0.258. The molecule has 0 saturated carbocycles. The second kappa shape index (κ2) is 6.49. The molecule has 0 aliphatic carbocycles. The molecule has 0 saturated heterocycles. The van der Waals surface area contributed by atoms with Crippen molar-refractivity contribution in [2.45, 2.75) is 26.7 Å². The molecule has 0 aliphatic rings. The molecule has 0 rings (SSSR count). The van der Waals surface area contributed by atoms with E-state index < -0.39 is 0 Å². The van der Waals surface area contributed by atoms with Crippen molar-refractivity contribution >= 4 is 5.91 Å². The Bertz CT molecular complexity index is 266. The number of carbonyl (C=O) groups excluding carboxylic acids is 1. The molecule has 0 aliphatic heterocycles. The summed E-state index contributed by atoms with van der Waals surface area (Å²) < 4.78 is 0. The van der Waals surface area contributed by atoms with Gasteiger partial charge in [-0.1, -0.05) is 0 Å². The van der Waals surface area contributed by atoms with E-state index in [1.54, 1.807) is 19.0 Å². The first-order valence-electron chi connectivity index (χ1n) is 5.58. The maximum Gasteiger partial charge on any atom is 0.236 e. The van der Waals surface area contributed by atoms with Gasteiger partial charge < -0.3 is 4.90 Å². The number of hydrogen-bond acceptors (Lipinski definition) is 3. The van der Waals surface area contributed by atoms with E-state index >= 15 is 0 Å². The Morgan fingerprint density at radius 3 is 2.31 bits per heavy atom. The minimum Gasteiger partial charge on any atom is -0.348 e. The monoisotopic (exact) mass is 225 g/mol. The number of rotatable bonds is 6. The van der Waals surface area contributed by atoms with Crippen molar-refractivity contribution < 1.29 is 4.79 Å². The molecule has 0 atom stereocenters. The third-order valence-electron chi connectivity index (χ3n) is 2.55. The number of nitriles is 1. The Kier molecular flexibility index (Phi) is 6.05. The van der Waals surface area contributed by atoms with E-state index in [-0.39, 0.29) is 11.3 Å². The van der Waals surface area contributed by atoms with Crippen LogP contribution in [-0.2, 0) is 4.79 Å². The number of carbonyl (C=O) groups is 1. The van der Waals surface area contributed by atoms with E-state index in [0.29, 0.717) is 6.54 Å². The molecule has 0 spiro atoms. The average molecular weight is 225 g/mol. The predicted octanol–water partition coefficient (Wildman–Crippen LogP) is 1.34. The molecular formula is C12H23N3O. The lowest BCUT2D eigenvalue weighted by molar-refractivity contribution is -0.129. The van der Waals surface area contributed by atoms with E-state index in [1.807, 2.05) is 25.8 Å². The van der Waals surface area contributed by atoms with Gasteiger partial charge in [-0.2, -0.15) is 5.26 Å². The van der Waals surface area contributed by atoms with Crippen LogP contribution in [0.5, 0.6) is 0 Å². The van der Waals surface area contributed by atoms with Gasteiger partial charge in [0.25, 0.3) is 0 Å². The second-order valence-electron chi connectivity index (χ2n) is 5.13. The fourth-order valence-electron chi connectivity index (χ4n) is 1.30. The van der Waals surface area contributed by atoms with Gasteiger partial charge in [0.1, 0.15) is 0 Å². The quantitative estimate of drug-likeness (QED) is 0.685. The summed E-state index contributed by atoms with van der Waals surface area (Å²) in [6.45, 7) is 5.18. The van der Waals surface area contributed by atoms with Crippen LogP contribution in [0.4, 0.5) is 0 Å². The van der Waals surface area contributed by atoms with Crippen LogP contribution in [0.25, 0.3) is 0 Å². The zero-order valence-electron chi connectivity index (χ0n) is 11.1. The Balaban J connectivity index is 3.80. The van der Waals surface area contributed by atoms with E-state index in [4.69, 9.17) is 5.26 Å². The molecule has 0 aromatic carbocycles. The van der Waals surface area contributed by atoms with Crippen LogP contribution < -0.4 is 0 Å². The van der Waals surface area contributed by atoms with Gasteiger partial charge in [-0.25, -0.2) is 0 Å². The van der Waals surface area contributed by atoms with Crippen molar-refractivity contribution in [1.29, 1.82) is 5.26 Å². The van der Waals surface area contributed by atoms with Gasteiger partial charge in [0.05, 0.1) is 18.0 Å². The second-order valence-corrected chi connectivity index (χ2v) is 5.13. The van der Waals surface area contributed by atoms with Crippen LogP contribution in [0, 0.1) is 16.7 Å². The van der Waals surface area contributed by atoms with Crippen molar-refractivity contribution in [1.82, 2.24) is 9.80 Å². The largest absolute Gasteiger partial charge is 0.348 e. The van der Waals surface area contributed by atoms with Crippen molar-refractivity contribution in [3.05, 3.63) is 0 Å². The average Bonchev–Trinajstić information content (AvgIpc) is 2.17. The molecule has 0 unspecified atom stereocenters. The van der Waals surface area contributed by atoms with Gasteiger partial charge in [0, 0.05) is 14.1 Å². The van der Waals surface area contributed by atoms with Gasteiger partial charge in [-0.15, -0.1) is 0 Å². The fraction of sp³-hybridized carbons (Fsp3) is 0.833. The summed E-state index contributed by atoms with van der Waals surface area (Å²) in [5, 5.41) is 8.85. The lowest BCUT2D eigenvalue weighted by Crippen LogP contribution is -2.35. The molecule has 0 bridgehead atoms. The summed E-state index contributed by atoms with van der Waals surface area (Å²) in [6.07, 6.45) is 1.81. The normalized spacial score (nSPS) is 11.3. The SMILES string of the molecule is CN(CCCC(C)(C)C#N)CC(=O)N(C)C. The molecule has 1 amide bonds. The van der Waals surface area contributed by atoms with E-state index in [9.17, 15) is 4.79 Å². The van der Waals surface area contributed by atoms with Crippen molar-refractivity contribution in [3.63, 3.8) is 0 Å². The Morgan fingerprint density at radius 1 is 1.31 bits per heavy atom. The highest BCUT2D eigenvalue weighted by Gasteiger charge is 2.16. The minimum absolute atomic E-state index is 0.113. The Hall–Kier alpha value is -1.08. The molecule has 0 aromatic rings. The van der Waals surface area contributed by atoms with Crippen LogP contribution in [0.15, 0.2) is 0 Å². The maximum atomic E-state index is 11.4. The van der Waals surface area contributed by atoms with Crippen LogP contribution in [0.1, 0.15) is 26.7 Å². The van der Waals surface area contributed by atoms with Gasteiger partial charge in [0.15, 0.2) is 0 Å². The fourth-order valence-corrected chi connectivity index (χ4v) is 1.30. The maximum absolute atomic E-state index is 11.4. The standard InChI is InChI=1S/C12H23N3O/c1-12(2,10-13)7-6-8-15(5)9-11(16)14(3)4/h6-9H2,1-5H3. The lowest BCUT2D eigenvalue weighted by atomic mass is 9.90. The highest BCUT2D eigenvalue weighted by Crippen LogP contribution is 2.20. The van der Waals surface area contributed by atoms with Crippen molar-refractivity contribution in [2.75, 3.05) is 34.2 Å². The van der Waals surface area contributed by atoms with Gasteiger partial charge >= 0.3 is 0 Å². The minimum atomic E-state index is -0.258. The van der Waals surface area contributed by atoms with Gasteiger partial charge in [-0.3, -0.25) is 9.69 Å². The van der Waals surface area contributed by atoms with Crippen molar-refractivity contribution in [2.24, 2.45) is 5.41 Å². The highest BCUT2D eigenvalue weighted by atomic mass is 16.2. The third-order valence-corrected chi connectivity index (χ3v) is 2.55. The summed E-state index contributed by atoms with van der Waals surface area (Å²) in [7, 11) is 5.45. The Labute approximate surface area is 98.8 Å². The number of hydrogen-bond donors (Lipinski definition) is 0. The molecular weight excluding hydrogens is 202 g/mol. The molecule has 0 N–H and O–H groups in total. The van der Waals surface area contributed by atoms with Crippen LogP contribution in [0.2, 0.25) is 0 Å². The first-order chi connectivity index (χ1) is 7.28. The van der Waals surface area contributed by atoms with E-state index in [2.05, 4.69) is 6.07 Å². The van der Waals surface area contributed by atoms with Crippen LogP contribution in [-0.4, -0.2) is 49.9 Å². The summed E-state index contributed by atoms with van der Waals surface area (Å²) in [4.78, 5) is 15.0. The number of likely N-dealkylation sites (N-methyl/N-ethyl adjacent to an activating group) is 2. The van der Waals surface area contributed by atoms with Crippen LogP contribution in [0.3, 0.4) is 0 Å². The molecule has 0 radical (unpaired) electrons. The topological polar surface area (TPSA) is 47.3 Å². The van der Waals surface area contributed by atoms with Gasteiger partial charge in [0.2, 0.25) is 5.91 Å². The first-order valence-corrected chi connectivity index (χ1v) is 5.58. The van der Waals surface area contributed by atoms with Crippen molar-refractivity contribution in [3.8, 4) is 6.07 Å². The summed E-state index contributed by atoms with van der Waals surface area (Å²) in [5.74, 6) is 0.113. The lowest BCUT2D eigenvalue weighted by Gasteiger charge is -2.20. The zero-order chi connectivity index (χ0) is 12.8. The molecule has 0 aromatic heterocycles. The zero-order valence-corrected chi connectivity index (χ0v) is 11.1. The molecule has 92 valence electrons. The molecule has 16 heavy (non-hydrogen) atoms. The Morgan fingerprint density at radius 2 is 1.88 bits per heavy atom. The molecule has 4 heteroatoms. The molecule has 0 fully saturated rings. The van der Waals surface area contributed by atoms with E-state index in [1.165, 1.54) is 0 Å². The van der Waals surface area contributed by atoms with Gasteiger partial charge in [-0.05, 0) is 40.3 Å². The smallest absolute Gasteiger partial charge is 0.236 e. The highest BCUT2D eigenvalue weighted by molar-refractivity contribution is 5.77. The predicted molar refractivity (Wildman–Crippen MR) is 64.8 cm³/mol. The summed E-state index contributed by atoms with van der Waals surface area (Å²) in [6, 6.07) is 2.28. The molecule has 0 heterocycles. The van der Waals surface area contributed by atoms with Crippen LogP contribution >= 0.6 is 0 Å². The number of amides is 1. The first kappa shape index (κ1) is 14.9. The third kappa shape index (κ3) is 6.41. The summed E-state index contributed by atoms with van der Waals surface area (Å²) >= 11 is 0. The van der Waals surface area contributed by atoms with E-state index in [0.717, 1.165) is 19.4 Å².